The summed E-state index contributed by atoms with van der Waals surface area (Å²) in [6, 6.07) is 8.62. The average molecular weight is 520 g/mol. The normalized spacial score (nSPS) is 38.1. The maximum Gasteiger partial charge on any atom is 0.354 e. The predicted octanol–water partition coefficient (Wildman–Crippen LogP) is 5.30. The minimum atomic E-state index is -0.959. The fourth-order valence-electron chi connectivity index (χ4n) is 7.08. The summed E-state index contributed by atoms with van der Waals surface area (Å²) in [5, 5.41) is 0. The molecule has 5 aliphatic carbocycles. The van der Waals surface area contributed by atoms with E-state index in [-0.39, 0.29) is 15.3 Å². The molecule has 4 bridgehead atoms. The Morgan fingerprint density at radius 1 is 0.767 bits per heavy atom. The number of esters is 2. The molecule has 5 saturated carbocycles. The van der Waals surface area contributed by atoms with Crippen molar-refractivity contribution in [2.75, 3.05) is 0 Å². The van der Waals surface area contributed by atoms with E-state index in [1.807, 2.05) is 0 Å². The second kappa shape index (κ2) is 7.42. The second-order valence-electron chi connectivity index (χ2n) is 10.1. The lowest BCUT2D eigenvalue weighted by Crippen LogP contribution is -2.65. The van der Waals surface area contributed by atoms with Crippen LogP contribution < -0.4 is 0 Å². The zero-order valence-electron chi connectivity index (χ0n) is 17.3. The van der Waals surface area contributed by atoms with Gasteiger partial charge in [-0.15, -0.1) is 0 Å². The summed E-state index contributed by atoms with van der Waals surface area (Å²) in [6.45, 7) is 0. The quantitative estimate of drug-likeness (QED) is 0.393. The minimum Gasteiger partial charge on any atom is -0.418 e. The van der Waals surface area contributed by atoms with Crippen LogP contribution in [0.2, 0.25) is 0 Å². The molecule has 160 valence electrons. The Kier molecular flexibility index (Phi) is 4.81. The van der Waals surface area contributed by atoms with E-state index in [2.05, 4.69) is 24.3 Å². The number of hydrogen-bond acceptors (Lipinski definition) is 4. The molecule has 0 atom stereocenters. The van der Waals surface area contributed by atoms with Crippen LogP contribution in [0, 0.1) is 27.2 Å². The van der Waals surface area contributed by atoms with Crippen molar-refractivity contribution in [3.8, 4) is 0 Å². The Labute approximate surface area is 187 Å². The highest BCUT2D eigenvalue weighted by Gasteiger charge is 2.64. The third-order valence-corrected chi connectivity index (χ3v) is 11.1. The molecule has 1 spiro atoms. The fourth-order valence-corrected chi connectivity index (χ4v) is 9.08. The van der Waals surface area contributed by atoms with Crippen LogP contribution in [0.3, 0.4) is 0 Å². The zero-order chi connectivity index (χ0) is 20.3. The van der Waals surface area contributed by atoms with Crippen LogP contribution >= 0.6 is 20.7 Å². The van der Waals surface area contributed by atoms with Crippen LogP contribution in [0.4, 0.5) is 0 Å². The first kappa shape index (κ1) is 19.4. The van der Waals surface area contributed by atoms with Crippen molar-refractivity contribution in [3.63, 3.8) is 0 Å². The predicted molar refractivity (Wildman–Crippen MR) is 122 cm³/mol. The topological polar surface area (TPSA) is 52.6 Å². The molecule has 1 aliphatic heterocycles. The first-order valence-electron chi connectivity index (χ1n) is 11.7. The highest BCUT2D eigenvalue weighted by Crippen LogP contribution is 2.60. The van der Waals surface area contributed by atoms with Gasteiger partial charge in [-0.1, -0.05) is 52.1 Å². The Morgan fingerprint density at radius 3 is 1.90 bits per heavy atom. The number of ether oxygens (including phenoxy) is 2. The second-order valence-corrected chi connectivity index (χ2v) is 13.0. The van der Waals surface area contributed by atoms with E-state index in [1.54, 1.807) is 0 Å². The molecule has 0 N–H and O–H groups in total. The van der Waals surface area contributed by atoms with Gasteiger partial charge in [0.15, 0.2) is 3.51 Å². The molecule has 30 heavy (non-hydrogen) atoms. The number of benzene rings is 1. The van der Waals surface area contributed by atoms with Crippen molar-refractivity contribution in [3.05, 3.63) is 33.4 Å². The highest BCUT2D eigenvalue weighted by atomic mass is 127. The lowest BCUT2D eigenvalue weighted by molar-refractivity contribution is -0.308. The molecule has 7 rings (SSSR count). The minimum absolute atomic E-state index is 0.205. The van der Waals surface area contributed by atoms with Crippen molar-refractivity contribution < 1.29 is 19.1 Å². The van der Waals surface area contributed by atoms with E-state index in [4.69, 9.17) is 9.47 Å². The molecule has 0 amide bonds. The van der Waals surface area contributed by atoms with E-state index in [1.165, 1.54) is 44.1 Å². The lowest BCUT2D eigenvalue weighted by Gasteiger charge is -2.59. The summed E-state index contributed by atoms with van der Waals surface area (Å²) in [6.07, 6.45) is 12.0. The van der Waals surface area contributed by atoms with Crippen LogP contribution in [-0.2, 0) is 19.1 Å². The SMILES string of the molecule is O=C1OC2(OC(=O)C1=Ic1ccc(C3CCCCC3)cc1)C1CC3CC(C1)CC2C3. The van der Waals surface area contributed by atoms with Gasteiger partial charge in [0.05, 0.1) is 0 Å². The van der Waals surface area contributed by atoms with Gasteiger partial charge in [0.25, 0.3) is 5.79 Å². The van der Waals surface area contributed by atoms with Crippen LogP contribution in [0.25, 0.3) is 0 Å². The zero-order valence-corrected chi connectivity index (χ0v) is 19.4. The van der Waals surface area contributed by atoms with E-state index in [9.17, 15) is 9.59 Å². The Hall–Kier alpha value is -1.24. The third-order valence-electron chi connectivity index (χ3n) is 8.29. The van der Waals surface area contributed by atoms with Crippen molar-refractivity contribution in [2.45, 2.75) is 75.9 Å². The molecule has 0 aromatic heterocycles. The molecule has 0 radical (unpaired) electrons. The van der Waals surface area contributed by atoms with E-state index in [0.29, 0.717) is 5.92 Å². The first-order valence-corrected chi connectivity index (χ1v) is 13.8. The van der Waals surface area contributed by atoms with Gasteiger partial charge in [0, 0.05) is 15.4 Å². The first-order chi connectivity index (χ1) is 14.6. The van der Waals surface area contributed by atoms with Gasteiger partial charge in [-0.2, -0.15) is 0 Å². The molecule has 0 unspecified atom stereocenters. The van der Waals surface area contributed by atoms with Gasteiger partial charge < -0.3 is 9.47 Å². The van der Waals surface area contributed by atoms with Gasteiger partial charge in [-0.05, 0) is 80.4 Å². The summed E-state index contributed by atoms with van der Waals surface area (Å²) in [7, 11) is 0. The maximum absolute atomic E-state index is 13.0. The van der Waals surface area contributed by atoms with Crippen LogP contribution in [0.1, 0.15) is 75.7 Å². The van der Waals surface area contributed by atoms with E-state index < -0.39 is 38.5 Å². The summed E-state index contributed by atoms with van der Waals surface area (Å²) in [4.78, 5) is 26.0. The number of carbonyl (C=O) groups excluding carboxylic acids is 2. The van der Waals surface area contributed by atoms with Crippen molar-refractivity contribution in [2.24, 2.45) is 23.7 Å². The Morgan fingerprint density at radius 2 is 1.33 bits per heavy atom. The van der Waals surface area contributed by atoms with Crippen LogP contribution in [0.5, 0.6) is 0 Å². The van der Waals surface area contributed by atoms with Gasteiger partial charge in [-0.3, -0.25) is 0 Å². The molecule has 1 heterocycles. The molecule has 1 saturated heterocycles. The Balaban J connectivity index is 1.22. The lowest BCUT2D eigenvalue weighted by atomic mass is 9.53. The average Bonchev–Trinajstić information content (AvgIpc) is 2.75. The molecule has 5 heteroatoms. The Bertz CT molecular complexity index is 846. The monoisotopic (exact) mass is 520 g/mol. The molecular formula is C25H29IO4. The molecule has 6 aliphatic rings. The highest BCUT2D eigenvalue weighted by molar-refractivity contribution is 14.2. The third kappa shape index (κ3) is 3.18. The summed E-state index contributed by atoms with van der Waals surface area (Å²) in [5.41, 5.74) is 1.40. The standard InChI is InChI=1S/C25H29IO4/c27-23-22(26-21-8-6-18(7-9-21)17-4-2-1-3-5-17)24(28)30-25(29-23)19-11-15-10-16(13-19)14-20(25)12-15/h6-9,15-17,19-20H,1-5,10-14H2. The van der Waals surface area contributed by atoms with Gasteiger partial charge in [-0.25, -0.2) is 9.59 Å². The molecule has 1 aromatic carbocycles. The summed E-state index contributed by atoms with van der Waals surface area (Å²) >= 11 is -0.894. The number of carbonyl (C=O) groups is 2. The smallest absolute Gasteiger partial charge is 0.354 e. The van der Waals surface area contributed by atoms with Gasteiger partial charge in [0.2, 0.25) is 0 Å². The molecule has 6 fully saturated rings. The molecule has 1 aromatic rings. The van der Waals surface area contributed by atoms with E-state index in [0.717, 1.165) is 41.1 Å². The molecule has 4 nitrogen and oxygen atoms in total. The van der Waals surface area contributed by atoms with Crippen molar-refractivity contribution in [1.82, 2.24) is 0 Å². The number of hydrogen-bond donors (Lipinski definition) is 0. The summed E-state index contributed by atoms with van der Waals surface area (Å²) in [5.74, 6) is 0.782. The van der Waals surface area contributed by atoms with E-state index >= 15 is 0 Å². The summed E-state index contributed by atoms with van der Waals surface area (Å²) < 4.78 is 13.4. The van der Waals surface area contributed by atoms with Crippen molar-refractivity contribution >= 4 is 36.2 Å². The van der Waals surface area contributed by atoms with Gasteiger partial charge >= 0.3 is 11.9 Å². The van der Waals surface area contributed by atoms with Crippen LogP contribution in [-0.4, -0.2) is 21.2 Å². The largest absolute Gasteiger partial charge is 0.418 e. The maximum atomic E-state index is 13.0. The van der Waals surface area contributed by atoms with Gasteiger partial charge in [0.1, 0.15) is 0 Å². The number of rotatable bonds is 2. The molecular weight excluding hydrogens is 491 g/mol. The van der Waals surface area contributed by atoms with Crippen molar-refractivity contribution in [1.29, 1.82) is 0 Å². The van der Waals surface area contributed by atoms with Crippen LogP contribution in [0.15, 0.2) is 24.3 Å². The number of halogens is 1. The fraction of sp³-hybridized carbons (Fsp3) is 0.640.